The third kappa shape index (κ3) is 5.07. The fourth-order valence-corrected chi connectivity index (χ4v) is 3.36. The van der Waals surface area contributed by atoms with Crippen LogP contribution in [-0.2, 0) is 26.0 Å². The van der Waals surface area contributed by atoms with Crippen LogP contribution < -0.4 is 4.72 Å². The summed E-state index contributed by atoms with van der Waals surface area (Å²) in [5, 5.41) is 0. The molecular weight excluding hydrogens is 352 g/mol. The molecule has 0 fully saturated rings. The predicted molar refractivity (Wildman–Crippen MR) is 87.2 cm³/mol. The zero-order valence-electron chi connectivity index (χ0n) is 13.4. The average Bonchev–Trinajstić information content (AvgIpc) is 2.57. The topological polar surface area (TPSA) is 72.5 Å². The van der Waals surface area contributed by atoms with Crippen LogP contribution >= 0.6 is 0 Å². The van der Waals surface area contributed by atoms with Crippen LogP contribution in [0.25, 0.3) is 0 Å². The van der Waals surface area contributed by atoms with Crippen molar-refractivity contribution in [1.29, 1.82) is 0 Å². The maximum atomic E-state index is 13.3. The van der Waals surface area contributed by atoms with Gasteiger partial charge in [-0.1, -0.05) is 30.3 Å². The maximum Gasteiger partial charge on any atom is 0.324 e. The molecule has 0 heterocycles. The summed E-state index contributed by atoms with van der Waals surface area (Å²) >= 11 is 0. The number of ether oxygens (including phenoxy) is 1. The number of benzene rings is 2. The van der Waals surface area contributed by atoms with Gasteiger partial charge < -0.3 is 4.74 Å². The number of esters is 1. The molecule has 0 saturated heterocycles. The Kier molecular flexibility index (Phi) is 6.22. The Morgan fingerprint density at radius 1 is 1.12 bits per heavy atom. The first-order chi connectivity index (χ1) is 11.8. The zero-order chi connectivity index (χ0) is 18.4. The van der Waals surface area contributed by atoms with Gasteiger partial charge in [0.1, 0.15) is 6.04 Å². The van der Waals surface area contributed by atoms with E-state index in [4.69, 9.17) is 4.74 Å². The van der Waals surface area contributed by atoms with E-state index in [1.165, 1.54) is 0 Å². The number of hydrogen-bond acceptors (Lipinski definition) is 4. The molecule has 0 aliphatic heterocycles. The van der Waals surface area contributed by atoms with Gasteiger partial charge in [-0.3, -0.25) is 4.79 Å². The van der Waals surface area contributed by atoms with Crippen LogP contribution in [0.15, 0.2) is 53.4 Å². The van der Waals surface area contributed by atoms with Gasteiger partial charge in [-0.25, -0.2) is 17.2 Å². The first kappa shape index (κ1) is 19.0. The summed E-state index contributed by atoms with van der Waals surface area (Å²) in [4.78, 5) is 11.6. The summed E-state index contributed by atoms with van der Waals surface area (Å²) in [6.07, 6.45) is 0.0581. The summed E-state index contributed by atoms with van der Waals surface area (Å²) in [6.45, 7) is 1.68. The van der Waals surface area contributed by atoms with Crippen molar-refractivity contribution in [3.05, 3.63) is 65.7 Å². The lowest BCUT2D eigenvalue weighted by Gasteiger charge is -2.17. The standard InChI is InChI=1S/C17H17F2NO4S/c1-2-24-17(21)16(10-12-6-4-3-5-7-12)20-25(22,23)13-8-9-14(18)15(19)11-13/h3-9,11,16,20H,2,10H2,1H3/t16-/m0/s1. The summed E-state index contributed by atoms with van der Waals surface area (Å²) in [6, 6.07) is 9.75. The fraction of sp³-hybridized carbons (Fsp3) is 0.235. The Labute approximate surface area is 144 Å². The summed E-state index contributed by atoms with van der Waals surface area (Å²) < 4.78 is 58.2. The number of hydrogen-bond donors (Lipinski definition) is 1. The van der Waals surface area contributed by atoms with Gasteiger partial charge in [0.15, 0.2) is 11.6 Å². The molecule has 0 amide bonds. The van der Waals surface area contributed by atoms with E-state index < -0.39 is 38.6 Å². The summed E-state index contributed by atoms with van der Waals surface area (Å²) in [5.41, 5.74) is 0.716. The third-order valence-corrected chi connectivity index (χ3v) is 4.82. The van der Waals surface area contributed by atoms with Crippen LogP contribution in [-0.4, -0.2) is 27.0 Å². The Balaban J connectivity index is 2.27. The van der Waals surface area contributed by atoms with Gasteiger partial charge >= 0.3 is 5.97 Å². The van der Waals surface area contributed by atoms with Crippen LogP contribution in [0.1, 0.15) is 12.5 Å². The van der Waals surface area contributed by atoms with Crippen LogP contribution in [0.5, 0.6) is 0 Å². The predicted octanol–water partition coefficient (Wildman–Crippen LogP) is 2.42. The van der Waals surface area contributed by atoms with E-state index in [2.05, 4.69) is 4.72 Å². The van der Waals surface area contributed by atoms with Gasteiger partial charge in [0.05, 0.1) is 11.5 Å². The van der Waals surface area contributed by atoms with Crippen molar-refractivity contribution in [3.63, 3.8) is 0 Å². The highest BCUT2D eigenvalue weighted by atomic mass is 32.2. The minimum absolute atomic E-state index is 0.0581. The van der Waals surface area contributed by atoms with E-state index in [-0.39, 0.29) is 13.0 Å². The van der Waals surface area contributed by atoms with Gasteiger partial charge in [0.2, 0.25) is 10.0 Å². The lowest BCUT2D eigenvalue weighted by molar-refractivity contribution is -0.145. The lowest BCUT2D eigenvalue weighted by atomic mass is 10.1. The van der Waals surface area contributed by atoms with E-state index in [1.54, 1.807) is 37.3 Å². The molecule has 2 rings (SSSR count). The average molecular weight is 369 g/mol. The van der Waals surface area contributed by atoms with Crippen molar-refractivity contribution in [3.8, 4) is 0 Å². The SMILES string of the molecule is CCOC(=O)[C@H](Cc1ccccc1)NS(=O)(=O)c1ccc(F)c(F)c1. The highest BCUT2D eigenvalue weighted by molar-refractivity contribution is 7.89. The van der Waals surface area contributed by atoms with Crippen molar-refractivity contribution in [1.82, 2.24) is 4.72 Å². The lowest BCUT2D eigenvalue weighted by Crippen LogP contribution is -2.43. The first-order valence-corrected chi connectivity index (χ1v) is 8.99. The first-order valence-electron chi connectivity index (χ1n) is 7.51. The normalized spacial score (nSPS) is 12.6. The van der Waals surface area contributed by atoms with Crippen molar-refractivity contribution in [2.24, 2.45) is 0 Å². The number of rotatable bonds is 7. The number of carbonyl (C=O) groups excluding carboxylic acids is 1. The second kappa shape index (κ2) is 8.17. The van der Waals surface area contributed by atoms with Gasteiger partial charge in [-0.05, 0) is 37.1 Å². The van der Waals surface area contributed by atoms with Gasteiger partial charge in [-0.15, -0.1) is 0 Å². The van der Waals surface area contributed by atoms with E-state index in [9.17, 15) is 22.0 Å². The van der Waals surface area contributed by atoms with Crippen molar-refractivity contribution < 1.29 is 26.7 Å². The second-order valence-corrected chi connectivity index (χ2v) is 6.91. The molecule has 0 aliphatic rings. The largest absolute Gasteiger partial charge is 0.465 e. The molecule has 0 radical (unpaired) electrons. The molecule has 0 aromatic heterocycles. The number of nitrogens with one attached hydrogen (secondary N) is 1. The molecule has 1 N–H and O–H groups in total. The van der Waals surface area contributed by atoms with Crippen LogP contribution in [0.4, 0.5) is 8.78 Å². The minimum atomic E-state index is -4.24. The fourth-order valence-electron chi connectivity index (χ4n) is 2.17. The molecule has 0 aliphatic carbocycles. The Bertz CT molecular complexity index is 841. The molecule has 0 unspecified atom stereocenters. The Morgan fingerprint density at radius 2 is 1.80 bits per heavy atom. The van der Waals surface area contributed by atoms with E-state index >= 15 is 0 Å². The molecule has 2 aromatic rings. The van der Waals surface area contributed by atoms with Crippen molar-refractivity contribution >= 4 is 16.0 Å². The number of sulfonamides is 1. The van der Waals surface area contributed by atoms with Gasteiger partial charge in [-0.2, -0.15) is 4.72 Å². The zero-order valence-corrected chi connectivity index (χ0v) is 14.2. The summed E-state index contributed by atoms with van der Waals surface area (Å²) in [7, 11) is -4.24. The molecule has 0 bridgehead atoms. The molecule has 0 spiro atoms. The smallest absolute Gasteiger partial charge is 0.324 e. The molecular formula is C17H17F2NO4S. The van der Waals surface area contributed by atoms with Gasteiger partial charge in [0.25, 0.3) is 0 Å². The minimum Gasteiger partial charge on any atom is -0.465 e. The highest BCUT2D eigenvalue weighted by Gasteiger charge is 2.27. The third-order valence-electron chi connectivity index (χ3n) is 3.35. The molecule has 2 aromatic carbocycles. The molecule has 25 heavy (non-hydrogen) atoms. The Hall–Kier alpha value is -2.32. The molecule has 8 heteroatoms. The number of halogens is 2. The van der Waals surface area contributed by atoms with Crippen molar-refractivity contribution in [2.45, 2.75) is 24.3 Å². The number of carbonyl (C=O) groups is 1. The maximum absolute atomic E-state index is 13.3. The molecule has 134 valence electrons. The molecule has 1 atom stereocenters. The van der Waals surface area contributed by atoms with Crippen LogP contribution in [0.3, 0.4) is 0 Å². The highest BCUT2D eigenvalue weighted by Crippen LogP contribution is 2.15. The van der Waals surface area contributed by atoms with Crippen LogP contribution in [0.2, 0.25) is 0 Å². The second-order valence-electron chi connectivity index (χ2n) is 5.19. The van der Waals surface area contributed by atoms with E-state index in [0.29, 0.717) is 17.7 Å². The van der Waals surface area contributed by atoms with Gasteiger partial charge in [0, 0.05) is 0 Å². The van der Waals surface area contributed by atoms with E-state index in [0.717, 1.165) is 6.07 Å². The Morgan fingerprint density at radius 3 is 2.40 bits per heavy atom. The molecule has 5 nitrogen and oxygen atoms in total. The molecule has 0 saturated carbocycles. The summed E-state index contributed by atoms with van der Waals surface area (Å²) in [5.74, 6) is -3.21. The van der Waals surface area contributed by atoms with Crippen molar-refractivity contribution in [2.75, 3.05) is 6.61 Å². The quantitative estimate of drug-likeness (QED) is 0.761. The monoisotopic (exact) mass is 369 g/mol. The van der Waals surface area contributed by atoms with E-state index in [1.807, 2.05) is 0 Å². The van der Waals surface area contributed by atoms with Crippen LogP contribution in [0, 0.1) is 11.6 Å².